The molecule has 0 spiro atoms. The van der Waals surface area contributed by atoms with Crippen LogP contribution in [0, 0.1) is 57.9 Å². The third-order valence-electron chi connectivity index (χ3n) is 7.12. The molecule has 0 aliphatic heterocycles. The molecule has 0 bridgehead atoms. The van der Waals surface area contributed by atoms with Crippen LogP contribution in [0.2, 0.25) is 0 Å². The minimum atomic E-state index is -0.850. The number of pyridine rings is 2. The first kappa shape index (κ1) is 34.9. The van der Waals surface area contributed by atoms with Crippen molar-refractivity contribution in [3.05, 3.63) is 176 Å². The normalized spacial score (nSPS) is 10.7. The van der Waals surface area contributed by atoms with Gasteiger partial charge >= 0.3 is 0 Å². The van der Waals surface area contributed by atoms with E-state index in [1.165, 1.54) is 30.3 Å². The lowest BCUT2D eigenvalue weighted by atomic mass is 10.0. The minimum absolute atomic E-state index is 0.0817. The lowest BCUT2D eigenvalue weighted by molar-refractivity contribution is 0.558. The molecule has 49 heavy (non-hydrogen) atoms. The van der Waals surface area contributed by atoms with Crippen LogP contribution in [-0.2, 0) is 12.8 Å². The Bertz CT molecular complexity index is 2170. The van der Waals surface area contributed by atoms with Crippen LogP contribution >= 0.6 is 15.9 Å². The maximum atomic E-state index is 14.0. The number of halogens is 9. The zero-order valence-corrected chi connectivity index (χ0v) is 26.5. The van der Waals surface area contributed by atoms with Gasteiger partial charge in [-0.2, -0.15) is 5.26 Å². The third kappa shape index (κ3) is 8.55. The summed E-state index contributed by atoms with van der Waals surface area (Å²) in [6.07, 6.45) is -0.248. The molecule has 0 radical (unpaired) electrons. The summed E-state index contributed by atoms with van der Waals surface area (Å²) < 4.78 is 110. The average Bonchev–Trinajstić information content (AvgIpc) is 3.05. The van der Waals surface area contributed by atoms with E-state index in [1.807, 2.05) is 0 Å². The Balaban J connectivity index is 0.000000191. The summed E-state index contributed by atoms with van der Waals surface area (Å²) in [6, 6.07) is 21.5. The van der Waals surface area contributed by atoms with E-state index in [0.717, 1.165) is 36.4 Å². The molecule has 0 N–H and O–H groups in total. The average molecular weight is 738 g/mol. The van der Waals surface area contributed by atoms with E-state index < -0.39 is 46.5 Å². The molecule has 0 fully saturated rings. The molecule has 0 amide bonds. The summed E-state index contributed by atoms with van der Waals surface area (Å²) >= 11 is 3.02. The van der Waals surface area contributed by atoms with E-state index in [4.69, 9.17) is 5.26 Å². The number of benzene rings is 4. The number of hydrogen-bond acceptors (Lipinski definition) is 3. The zero-order chi connectivity index (χ0) is 35.2. The van der Waals surface area contributed by atoms with Gasteiger partial charge in [0.1, 0.15) is 46.5 Å². The van der Waals surface area contributed by atoms with Crippen molar-refractivity contribution in [2.75, 3.05) is 0 Å². The van der Waals surface area contributed by atoms with Gasteiger partial charge in [0.25, 0.3) is 0 Å². The van der Waals surface area contributed by atoms with Gasteiger partial charge in [0, 0.05) is 63.1 Å². The molecule has 246 valence electrons. The van der Waals surface area contributed by atoms with E-state index in [9.17, 15) is 35.1 Å². The monoisotopic (exact) mass is 737 g/mol. The molecule has 12 heteroatoms. The van der Waals surface area contributed by atoms with Crippen molar-refractivity contribution in [2.24, 2.45) is 0 Å². The van der Waals surface area contributed by atoms with E-state index in [-0.39, 0.29) is 52.0 Å². The highest BCUT2D eigenvalue weighted by atomic mass is 79.9. The fourth-order valence-corrected chi connectivity index (χ4v) is 5.19. The van der Waals surface area contributed by atoms with Gasteiger partial charge < -0.3 is 0 Å². The highest BCUT2D eigenvalue weighted by molar-refractivity contribution is 9.10. The first-order valence-corrected chi connectivity index (χ1v) is 15.0. The van der Waals surface area contributed by atoms with Crippen molar-refractivity contribution in [2.45, 2.75) is 12.8 Å². The Morgan fingerprint density at radius 1 is 0.510 bits per heavy atom. The predicted molar refractivity (Wildman–Crippen MR) is 170 cm³/mol. The number of aromatic nitrogens is 2. The maximum absolute atomic E-state index is 14.0. The Hall–Kier alpha value is -5.41. The van der Waals surface area contributed by atoms with Gasteiger partial charge in [0.05, 0.1) is 23.0 Å². The van der Waals surface area contributed by atoms with Gasteiger partial charge in [-0.1, -0.05) is 28.1 Å². The summed E-state index contributed by atoms with van der Waals surface area (Å²) in [5.41, 5.74) is 0.908. The van der Waals surface area contributed by atoms with Crippen LogP contribution in [0.25, 0.3) is 22.5 Å². The molecule has 0 aliphatic carbocycles. The standard InChI is InChI=1S/C19H10F4N2.C18H10BrF4N/c20-12-4-5-14(18(23)8-12)19-3-1-2-13(25-19)9-15-16(21)6-11(10-24)7-17(15)22;19-10-6-15(21)14(16(22)7-10)9-12-2-1-3-18(24-12)13-5-4-11(20)8-17(13)23/h1-8H,9H2;1-8H,9H2. The fourth-order valence-electron chi connectivity index (χ4n) is 4.79. The first-order chi connectivity index (χ1) is 23.4. The number of nitriles is 1. The van der Waals surface area contributed by atoms with E-state index in [0.29, 0.717) is 15.9 Å². The van der Waals surface area contributed by atoms with Gasteiger partial charge in [0.2, 0.25) is 0 Å². The molecule has 3 nitrogen and oxygen atoms in total. The van der Waals surface area contributed by atoms with Crippen molar-refractivity contribution in [3.63, 3.8) is 0 Å². The van der Waals surface area contributed by atoms with Crippen LogP contribution in [-0.4, -0.2) is 9.97 Å². The van der Waals surface area contributed by atoms with Crippen molar-refractivity contribution in [1.29, 1.82) is 5.26 Å². The molecular weight excluding hydrogens is 718 g/mol. The van der Waals surface area contributed by atoms with E-state index in [1.54, 1.807) is 36.4 Å². The summed E-state index contributed by atoms with van der Waals surface area (Å²) in [5.74, 6) is -6.01. The first-order valence-electron chi connectivity index (χ1n) is 14.3. The number of hydrogen-bond donors (Lipinski definition) is 0. The Labute approximate surface area is 283 Å². The SMILES string of the molecule is Fc1ccc(-c2cccc(Cc3c(F)cc(Br)cc3F)n2)c(F)c1.N#Cc1cc(F)c(Cc2cccc(-c3ccc(F)cc3F)n2)c(F)c1. The molecular formula is C37H20BrF8N3. The van der Waals surface area contributed by atoms with Crippen molar-refractivity contribution < 1.29 is 35.1 Å². The van der Waals surface area contributed by atoms with Gasteiger partial charge in [-0.3, -0.25) is 9.97 Å². The second kappa shape index (κ2) is 15.2. The van der Waals surface area contributed by atoms with Crippen LogP contribution in [0.15, 0.2) is 102 Å². The molecule has 0 saturated carbocycles. The molecule has 6 aromatic rings. The Morgan fingerprint density at radius 2 is 0.918 bits per heavy atom. The minimum Gasteiger partial charge on any atom is -0.252 e. The van der Waals surface area contributed by atoms with Crippen molar-refractivity contribution in [3.8, 4) is 28.6 Å². The summed E-state index contributed by atoms with van der Waals surface area (Å²) in [4.78, 5) is 8.42. The second-order valence-electron chi connectivity index (χ2n) is 10.5. The smallest absolute Gasteiger partial charge is 0.135 e. The highest BCUT2D eigenvalue weighted by Crippen LogP contribution is 2.26. The summed E-state index contributed by atoms with van der Waals surface area (Å²) in [5, 5.41) is 8.72. The number of rotatable bonds is 6. The van der Waals surface area contributed by atoms with Gasteiger partial charge in [-0.25, -0.2) is 35.1 Å². The van der Waals surface area contributed by atoms with Crippen LogP contribution < -0.4 is 0 Å². The van der Waals surface area contributed by atoms with E-state index in [2.05, 4.69) is 25.9 Å². The van der Waals surface area contributed by atoms with Crippen LogP contribution in [0.3, 0.4) is 0 Å². The fraction of sp³-hybridized carbons (Fsp3) is 0.0541. The molecule has 6 rings (SSSR count). The lowest BCUT2D eigenvalue weighted by Gasteiger charge is -2.08. The zero-order valence-electron chi connectivity index (χ0n) is 24.9. The summed E-state index contributed by atoms with van der Waals surface area (Å²) in [6.45, 7) is 0. The molecule has 0 saturated heterocycles. The lowest BCUT2D eigenvalue weighted by Crippen LogP contribution is -2.01. The maximum Gasteiger partial charge on any atom is 0.135 e. The topological polar surface area (TPSA) is 49.6 Å². The molecule has 4 aromatic carbocycles. The second-order valence-corrected chi connectivity index (χ2v) is 11.4. The Morgan fingerprint density at radius 3 is 1.31 bits per heavy atom. The van der Waals surface area contributed by atoms with Crippen LogP contribution in [0.5, 0.6) is 0 Å². The third-order valence-corrected chi connectivity index (χ3v) is 7.58. The molecule has 0 aliphatic rings. The van der Waals surface area contributed by atoms with E-state index >= 15 is 0 Å². The molecule has 2 aromatic heterocycles. The number of nitrogens with zero attached hydrogens (tertiary/aromatic N) is 3. The quantitative estimate of drug-likeness (QED) is 0.160. The summed E-state index contributed by atoms with van der Waals surface area (Å²) in [7, 11) is 0. The largest absolute Gasteiger partial charge is 0.252 e. The Kier molecular flexibility index (Phi) is 10.8. The van der Waals surface area contributed by atoms with Crippen molar-refractivity contribution >= 4 is 15.9 Å². The van der Waals surface area contributed by atoms with Crippen LogP contribution in [0.4, 0.5) is 35.1 Å². The van der Waals surface area contributed by atoms with Crippen molar-refractivity contribution in [1.82, 2.24) is 9.97 Å². The molecule has 0 unspecified atom stereocenters. The van der Waals surface area contributed by atoms with Gasteiger partial charge in [-0.15, -0.1) is 0 Å². The molecule has 0 atom stereocenters. The van der Waals surface area contributed by atoms with Crippen LogP contribution in [0.1, 0.15) is 28.1 Å². The van der Waals surface area contributed by atoms with Gasteiger partial charge in [0.15, 0.2) is 0 Å². The highest BCUT2D eigenvalue weighted by Gasteiger charge is 2.16. The molecule has 2 heterocycles. The van der Waals surface area contributed by atoms with Gasteiger partial charge in [-0.05, 0) is 72.8 Å². The predicted octanol–water partition coefficient (Wildman–Crippen LogP) is 10.4.